The number of carbonyl (C=O) groups is 2. The molecule has 0 aliphatic heterocycles. The molecule has 2 atom stereocenters. The van der Waals surface area contributed by atoms with Gasteiger partial charge >= 0.3 is 5.97 Å². The average molecular weight is 957 g/mol. The normalized spacial score (nSPS) is 12.8. The number of esters is 1. The summed E-state index contributed by atoms with van der Waals surface area (Å²) in [6.45, 7) is 4.88. The van der Waals surface area contributed by atoms with Crippen LogP contribution in [0.5, 0.6) is 0 Å². The molecule has 0 saturated heterocycles. The highest BCUT2D eigenvalue weighted by atomic mass is 16.5. The molecular weight excluding hydrogens is 839 g/mol. The van der Waals surface area contributed by atoms with Crippen molar-refractivity contribution in [1.29, 1.82) is 0 Å². The molecule has 1 amide bonds. The molecule has 0 spiro atoms. The molecule has 2 unspecified atom stereocenters. The van der Waals surface area contributed by atoms with E-state index in [1.54, 1.807) is 6.08 Å². The minimum atomic E-state index is -0.843. The van der Waals surface area contributed by atoms with Crippen molar-refractivity contribution < 1.29 is 24.5 Å². The van der Waals surface area contributed by atoms with Crippen molar-refractivity contribution in [3.05, 3.63) is 36.5 Å². The van der Waals surface area contributed by atoms with Gasteiger partial charge in [0.15, 0.2) is 0 Å². The van der Waals surface area contributed by atoms with Gasteiger partial charge in [-0.1, -0.05) is 281 Å². The zero-order valence-electron chi connectivity index (χ0n) is 45.6. The van der Waals surface area contributed by atoms with E-state index in [-0.39, 0.29) is 18.5 Å². The van der Waals surface area contributed by atoms with Gasteiger partial charge in [-0.3, -0.25) is 9.59 Å². The number of hydrogen-bond donors (Lipinski definition) is 3. The van der Waals surface area contributed by atoms with E-state index in [0.717, 1.165) is 44.9 Å². The van der Waals surface area contributed by atoms with Crippen LogP contribution in [0.25, 0.3) is 0 Å². The summed E-state index contributed by atoms with van der Waals surface area (Å²) in [5, 5.41) is 22.9. The number of rotatable bonds is 56. The fourth-order valence-electron chi connectivity index (χ4n) is 9.25. The summed E-state index contributed by atoms with van der Waals surface area (Å²) in [7, 11) is 0. The van der Waals surface area contributed by atoms with E-state index in [1.807, 2.05) is 6.08 Å². The third-order valence-corrected chi connectivity index (χ3v) is 13.9. The molecule has 0 heterocycles. The number of allylic oxidation sites excluding steroid dienone is 5. The van der Waals surface area contributed by atoms with Gasteiger partial charge in [0.05, 0.1) is 25.4 Å². The van der Waals surface area contributed by atoms with Crippen LogP contribution < -0.4 is 5.32 Å². The van der Waals surface area contributed by atoms with E-state index in [4.69, 9.17) is 4.74 Å². The van der Waals surface area contributed by atoms with E-state index in [9.17, 15) is 19.8 Å². The van der Waals surface area contributed by atoms with Crippen LogP contribution in [0.2, 0.25) is 0 Å². The largest absolute Gasteiger partial charge is 0.466 e. The number of unbranched alkanes of at least 4 members (excludes halogenated alkanes) is 41. The lowest BCUT2D eigenvalue weighted by molar-refractivity contribution is -0.143. The van der Waals surface area contributed by atoms with Crippen LogP contribution >= 0.6 is 0 Å². The van der Waals surface area contributed by atoms with Gasteiger partial charge < -0.3 is 20.3 Å². The number of ether oxygens (including phenoxy) is 1. The lowest BCUT2D eigenvalue weighted by atomic mass is 10.0. The molecule has 0 aliphatic carbocycles. The number of amides is 1. The molecular formula is C62H117NO5. The number of hydrogen-bond acceptors (Lipinski definition) is 5. The Labute approximate surface area is 424 Å². The van der Waals surface area contributed by atoms with Crippen molar-refractivity contribution >= 4 is 11.9 Å². The Morgan fingerprint density at radius 3 is 1.12 bits per heavy atom. The summed E-state index contributed by atoms with van der Waals surface area (Å²) in [4.78, 5) is 24.4. The SMILES string of the molecule is CCCCCCCCC/C=C/C(O)C(CO)NC(=O)CCCCCCCCCCCCCCC/C=C\C/C=C\CCCCCCCCCCCOC(=O)CCCCCCCCCCCCCCC. The Bertz CT molecular complexity index is 1100. The minimum Gasteiger partial charge on any atom is -0.466 e. The predicted molar refractivity (Wildman–Crippen MR) is 296 cm³/mol. The monoisotopic (exact) mass is 956 g/mol. The zero-order chi connectivity index (χ0) is 49.3. The van der Waals surface area contributed by atoms with Gasteiger partial charge in [0.25, 0.3) is 0 Å². The molecule has 0 aliphatic rings. The average Bonchev–Trinajstić information content (AvgIpc) is 3.34. The third-order valence-electron chi connectivity index (χ3n) is 13.9. The first-order chi connectivity index (χ1) is 33.5. The molecule has 68 heavy (non-hydrogen) atoms. The van der Waals surface area contributed by atoms with Gasteiger partial charge in [-0.05, 0) is 64.2 Å². The van der Waals surface area contributed by atoms with Crippen molar-refractivity contribution in [1.82, 2.24) is 5.32 Å². The van der Waals surface area contributed by atoms with Gasteiger partial charge in [-0.15, -0.1) is 0 Å². The Balaban J connectivity index is 3.39. The number of nitrogens with one attached hydrogen (secondary N) is 1. The summed E-state index contributed by atoms with van der Waals surface area (Å²) < 4.78 is 5.48. The van der Waals surface area contributed by atoms with Gasteiger partial charge in [-0.25, -0.2) is 0 Å². The maximum Gasteiger partial charge on any atom is 0.305 e. The van der Waals surface area contributed by atoms with Crippen LogP contribution in [-0.2, 0) is 14.3 Å². The topological polar surface area (TPSA) is 95.9 Å². The predicted octanol–water partition coefficient (Wildman–Crippen LogP) is 18.8. The minimum absolute atomic E-state index is 0.0129. The van der Waals surface area contributed by atoms with Crippen molar-refractivity contribution in [3.8, 4) is 0 Å². The van der Waals surface area contributed by atoms with Crippen molar-refractivity contribution in [2.45, 2.75) is 334 Å². The van der Waals surface area contributed by atoms with E-state index in [2.05, 4.69) is 43.5 Å². The molecule has 3 N–H and O–H groups in total. The highest BCUT2D eigenvalue weighted by Crippen LogP contribution is 2.17. The van der Waals surface area contributed by atoms with Crippen LogP contribution in [0.3, 0.4) is 0 Å². The first-order valence-corrected chi connectivity index (χ1v) is 30.3. The van der Waals surface area contributed by atoms with Crippen LogP contribution in [0.4, 0.5) is 0 Å². The zero-order valence-corrected chi connectivity index (χ0v) is 45.6. The molecule has 400 valence electrons. The molecule has 0 fully saturated rings. The molecule has 0 aromatic heterocycles. The quantitative estimate of drug-likeness (QED) is 0.0321. The number of carbonyl (C=O) groups excluding carboxylic acids is 2. The van der Waals surface area contributed by atoms with E-state index < -0.39 is 12.1 Å². The summed E-state index contributed by atoms with van der Waals surface area (Å²) >= 11 is 0. The summed E-state index contributed by atoms with van der Waals surface area (Å²) in [5.41, 5.74) is 0. The summed E-state index contributed by atoms with van der Waals surface area (Å²) in [6.07, 6.45) is 72.0. The molecule has 0 bridgehead atoms. The molecule has 0 aromatic carbocycles. The molecule has 0 radical (unpaired) electrons. The lowest BCUT2D eigenvalue weighted by Crippen LogP contribution is -2.45. The van der Waals surface area contributed by atoms with Crippen molar-refractivity contribution in [3.63, 3.8) is 0 Å². The molecule has 0 aromatic rings. The van der Waals surface area contributed by atoms with Crippen molar-refractivity contribution in [2.24, 2.45) is 0 Å². The summed E-state index contributed by atoms with van der Waals surface area (Å²) in [5.74, 6) is -0.0585. The Hall–Kier alpha value is -1.92. The smallest absolute Gasteiger partial charge is 0.305 e. The highest BCUT2D eigenvalue weighted by molar-refractivity contribution is 5.76. The van der Waals surface area contributed by atoms with Gasteiger partial charge in [0.2, 0.25) is 5.91 Å². The van der Waals surface area contributed by atoms with E-state index >= 15 is 0 Å². The highest BCUT2D eigenvalue weighted by Gasteiger charge is 2.18. The first-order valence-electron chi connectivity index (χ1n) is 30.3. The van der Waals surface area contributed by atoms with Crippen LogP contribution in [-0.4, -0.2) is 47.4 Å². The molecule has 0 saturated carbocycles. The lowest BCUT2D eigenvalue weighted by Gasteiger charge is -2.20. The van der Waals surface area contributed by atoms with E-state index in [1.165, 1.54) is 250 Å². The van der Waals surface area contributed by atoms with Gasteiger partial charge in [0, 0.05) is 12.8 Å². The van der Waals surface area contributed by atoms with Crippen molar-refractivity contribution in [2.75, 3.05) is 13.2 Å². The molecule has 6 nitrogen and oxygen atoms in total. The van der Waals surface area contributed by atoms with E-state index in [0.29, 0.717) is 19.4 Å². The standard InChI is InChI=1S/C62H117NO5/c1-3-5-7-9-11-13-14-32-36-40-44-48-52-56-62(67)68-57-53-49-45-41-37-34-31-29-27-25-23-21-19-17-15-16-18-20-22-24-26-28-30-33-35-39-43-47-51-55-61(66)63-59(58-64)60(65)54-50-46-42-38-12-10-8-6-4-2/h15,17,21,23,50,54,59-60,64-65H,3-14,16,18-20,22,24-49,51-53,55-58H2,1-2H3,(H,63,66)/b17-15-,23-21-,54-50+. The number of aliphatic hydroxyl groups excluding tert-OH is 2. The Kier molecular flexibility index (Phi) is 56.0. The van der Waals surface area contributed by atoms with Crippen LogP contribution in [0.1, 0.15) is 322 Å². The molecule has 6 heteroatoms. The van der Waals surface area contributed by atoms with Crippen LogP contribution in [0.15, 0.2) is 36.5 Å². The van der Waals surface area contributed by atoms with Gasteiger partial charge in [0.1, 0.15) is 0 Å². The van der Waals surface area contributed by atoms with Gasteiger partial charge in [-0.2, -0.15) is 0 Å². The molecule has 0 rings (SSSR count). The number of aliphatic hydroxyl groups is 2. The first kappa shape index (κ1) is 66.1. The Morgan fingerprint density at radius 2 is 0.735 bits per heavy atom. The Morgan fingerprint density at radius 1 is 0.412 bits per heavy atom. The second kappa shape index (κ2) is 57.7. The maximum atomic E-state index is 12.4. The fourth-order valence-corrected chi connectivity index (χ4v) is 9.25. The maximum absolute atomic E-state index is 12.4. The van der Waals surface area contributed by atoms with Crippen LogP contribution in [0, 0.1) is 0 Å². The fraction of sp³-hybridized carbons (Fsp3) is 0.871. The second-order valence-electron chi connectivity index (χ2n) is 20.7. The second-order valence-corrected chi connectivity index (χ2v) is 20.7. The summed E-state index contributed by atoms with van der Waals surface area (Å²) in [6, 6.07) is -0.626. The third kappa shape index (κ3) is 53.4.